The Morgan fingerprint density at radius 2 is 1.42 bits per heavy atom. The maximum Gasteiger partial charge on any atom is 0.264 e. The second-order valence-electron chi connectivity index (χ2n) is 5.85. The molecule has 1 heterocycles. The zero-order chi connectivity index (χ0) is 18.6. The number of benzene rings is 2. The van der Waals surface area contributed by atoms with E-state index < -0.39 is 5.41 Å². The van der Waals surface area contributed by atoms with Crippen LogP contribution >= 0.6 is 0 Å². The van der Waals surface area contributed by atoms with Crippen LogP contribution in [-0.2, 0) is 5.41 Å². The van der Waals surface area contributed by atoms with Gasteiger partial charge in [0.1, 0.15) is 11.5 Å². The topological polar surface area (TPSA) is 84.4 Å². The molecule has 0 spiro atoms. The van der Waals surface area contributed by atoms with Crippen molar-refractivity contribution in [2.24, 2.45) is 0 Å². The summed E-state index contributed by atoms with van der Waals surface area (Å²) in [7, 11) is 3.19. The van der Waals surface area contributed by atoms with Crippen LogP contribution < -0.4 is 15.0 Å². The fourth-order valence-corrected chi connectivity index (χ4v) is 3.13. The lowest BCUT2D eigenvalue weighted by Crippen LogP contribution is -2.35. The molecule has 0 unspecified atom stereocenters. The molecule has 0 saturated heterocycles. The van der Waals surface area contributed by atoms with Gasteiger partial charge in [0.05, 0.1) is 32.4 Å². The first-order chi connectivity index (χ1) is 12.6. The molecule has 0 bridgehead atoms. The van der Waals surface area contributed by atoms with Crippen molar-refractivity contribution in [1.82, 2.24) is 10.2 Å². The van der Waals surface area contributed by atoms with Crippen LogP contribution in [0.25, 0.3) is 0 Å². The molecule has 0 amide bonds. The number of hydrogen-bond donors (Lipinski definition) is 2. The largest absolute Gasteiger partial charge is 0.497 e. The van der Waals surface area contributed by atoms with E-state index >= 15 is 0 Å². The first-order valence-corrected chi connectivity index (χ1v) is 8.09. The van der Waals surface area contributed by atoms with E-state index in [0.29, 0.717) is 17.1 Å². The lowest BCUT2D eigenvalue weighted by molar-refractivity contribution is 0.242. The Kier molecular flexibility index (Phi) is 5.04. The van der Waals surface area contributed by atoms with Gasteiger partial charge >= 0.3 is 0 Å². The van der Waals surface area contributed by atoms with Crippen molar-refractivity contribution in [2.75, 3.05) is 20.8 Å². The Labute approximate surface area is 151 Å². The minimum Gasteiger partial charge on any atom is -0.497 e. The monoisotopic (exact) mass is 352 g/mol. The van der Waals surface area contributed by atoms with Gasteiger partial charge < -0.3 is 14.6 Å². The molecular weight excluding hydrogens is 332 g/mol. The maximum absolute atomic E-state index is 11.9. The fourth-order valence-electron chi connectivity index (χ4n) is 3.13. The third-order valence-electron chi connectivity index (χ3n) is 4.56. The molecule has 0 aliphatic carbocycles. The summed E-state index contributed by atoms with van der Waals surface area (Å²) < 4.78 is 10.5. The van der Waals surface area contributed by atoms with Crippen LogP contribution in [0.1, 0.15) is 16.7 Å². The van der Waals surface area contributed by atoms with Crippen molar-refractivity contribution in [3.8, 4) is 11.5 Å². The van der Waals surface area contributed by atoms with Crippen molar-refractivity contribution >= 4 is 0 Å². The van der Waals surface area contributed by atoms with Gasteiger partial charge in [0.25, 0.3) is 5.56 Å². The van der Waals surface area contributed by atoms with Gasteiger partial charge in [-0.2, -0.15) is 5.10 Å². The summed E-state index contributed by atoms with van der Waals surface area (Å²) >= 11 is 0. The second kappa shape index (κ2) is 7.41. The molecule has 2 aromatic carbocycles. The number of rotatable bonds is 6. The number of H-pyrrole nitrogens is 1. The first-order valence-electron chi connectivity index (χ1n) is 8.09. The van der Waals surface area contributed by atoms with Crippen molar-refractivity contribution < 1.29 is 14.6 Å². The fraction of sp³-hybridized carbons (Fsp3) is 0.200. The number of ether oxygens (including phenoxy) is 2. The number of aliphatic hydroxyl groups excluding tert-OH is 1. The van der Waals surface area contributed by atoms with Crippen molar-refractivity contribution in [1.29, 1.82) is 0 Å². The number of aromatic nitrogens is 2. The molecule has 0 saturated carbocycles. The van der Waals surface area contributed by atoms with Crippen LogP contribution in [0.5, 0.6) is 11.5 Å². The molecule has 0 atom stereocenters. The van der Waals surface area contributed by atoms with E-state index in [9.17, 15) is 9.90 Å². The van der Waals surface area contributed by atoms with Crippen LogP contribution in [0.2, 0.25) is 0 Å². The average Bonchev–Trinajstić information content (AvgIpc) is 2.70. The molecule has 3 rings (SSSR count). The first kappa shape index (κ1) is 17.7. The summed E-state index contributed by atoms with van der Waals surface area (Å²) in [5.74, 6) is 1.42. The van der Waals surface area contributed by atoms with Gasteiger partial charge in [0.2, 0.25) is 0 Å². The Balaban J connectivity index is 2.26. The molecule has 134 valence electrons. The van der Waals surface area contributed by atoms with Crippen molar-refractivity contribution in [3.63, 3.8) is 0 Å². The van der Waals surface area contributed by atoms with Gasteiger partial charge in [-0.1, -0.05) is 24.3 Å². The van der Waals surface area contributed by atoms with E-state index in [4.69, 9.17) is 9.47 Å². The van der Waals surface area contributed by atoms with Crippen LogP contribution in [0.4, 0.5) is 0 Å². The number of aromatic amines is 1. The van der Waals surface area contributed by atoms with E-state index in [0.717, 1.165) is 11.1 Å². The number of nitrogens with one attached hydrogen (secondary N) is 1. The highest BCUT2D eigenvalue weighted by Gasteiger charge is 2.36. The van der Waals surface area contributed by atoms with Crippen molar-refractivity contribution in [2.45, 2.75) is 5.41 Å². The highest BCUT2D eigenvalue weighted by atomic mass is 16.5. The summed E-state index contributed by atoms with van der Waals surface area (Å²) in [4.78, 5) is 11.9. The van der Waals surface area contributed by atoms with Gasteiger partial charge in [-0.05, 0) is 41.0 Å². The summed E-state index contributed by atoms with van der Waals surface area (Å²) in [6.07, 6.45) is 1.56. The number of methoxy groups -OCH3 is 2. The molecule has 0 aliphatic rings. The lowest BCUT2D eigenvalue weighted by atomic mass is 9.70. The zero-order valence-electron chi connectivity index (χ0n) is 14.6. The van der Waals surface area contributed by atoms with Crippen LogP contribution in [-0.4, -0.2) is 36.1 Å². The minimum absolute atomic E-state index is 0.239. The molecule has 2 N–H and O–H groups in total. The van der Waals surface area contributed by atoms with Crippen LogP contribution in [0, 0.1) is 0 Å². The molecule has 3 aromatic rings. The predicted octanol–water partition coefficient (Wildman–Crippen LogP) is 2.11. The molecule has 0 radical (unpaired) electrons. The predicted molar refractivity (Wildman–Crippen MR) is 97.8 cm³/mol. The van der Waals surface area contributed by atoms with E-state index in [1.165, 1.54) is 6.07 Å². The van der Waals surface area contributed by atoms with E-state index in [-0.39, 0.29) is 12.2 Å². The Morgan fingerprint density at radius 3 is 1.81 bits per heavy atom. The van der Waals surface area contributed by atoms with Gasteiger partial charge in [0.15, 0.2) is 0 Å². The van der Waals surface area contributed by atoms with E-state index in [2.05, 4.69) is 10.2 Å². The molecule has 1 aromatic heterocycles. The summed E-state index contributed by atoms with van der Waals surface area (Å²) in [5, 5.41) is 16.8. The maximum atomic E-state index is 11.9. The Morgan fingerprint density at radius 1 is 0.923 bits per heavy atom. The smallest absolute Gasteiger partial charge is 0.264 e. The molecule has 0 aliphatic heterocycles. The molecule has 0 fully saturated rings. The molecule has 6 nitrogen and oxygen atoms in total. The average molecular weight is 352 g/mol. The highest BCUT2D eigenvalue weighted by molar-refractivity contribution is 5.51. The quantitative estimate of drug-likeness (QED) is 0.710. The normalized spacial score (nSPS) is 11.2. The standard InChI is InChI=1S/C20H20N2O4/c1-25-17-7-3-14(4-8-17)20(13-23,16-11-19(24)22-21-12-16)15-5-9-18(26-2)10-6-15/h3-12,23H,13H2,1-2H3,(H,22,24). The number of hydrogen-bond acceptors (Lipinski definition) is 5. The van der Waals surface area contributed by atoms with Gasteiger partial charge in [0, 0.05) is 6.07 Å². The number of nitrogens with zero attached hydrogens (tertiary/aromatic N) is 1. The Hall–Kier alpha value is -3.12. The van der Waals surface area contributed by atoms with Gasteiger partial charge in [-0.3, -0.25) is 4.79 Å². The summed E-state index contributed by atoms with van der Waals surface area (Å²) in [6.45, 7) is -0.239. The minimum atomic E-state index is -0.945. The van der Waals surface area contributed by atoms with Gasteiger partial charge in [-0.15, -0.1) is 0 Å². The lowest BCUT2D eigenvalue weighted by Gasteiger charge is -2.33. The zero-order valence-corrected chi connectivity index (χ0v) is 14.6. The van der Waals surface area contributed by atoms with Crippen LogP contribution in [0.15, 0.2) is 65.6 Å². The van der Waals surface area contributed by atoms with E-state index in [1.54, 1.807) is 20.4 Å². The van der Waals surface area contributed by atoms with Crippen LogP contribution in [0.3, 0.4) is 0 Å². The summed E-state index contributed by atoms with van der Waals surface area (Å²) in [5.41, 5.74) is 0.956. The van der Waals surface area contributed by atoms with Gasteiger partial charge in [-0.25, -0.2) is 5.10 Å². The molecule has 26 heavy (non-hydrogen) atoms. The third-order valence-corrected chi connectivity index (χ3v) is 4.56. The highest BCUT2D eigenvalue weighted by Crippen LogP contribution is 2.39. The number of aliphatic hydroxyl groups is 1. The Bertz CT molecular complexity index is 870. The third kappa shape index (κ3) is 3.07. The second-order valence-corrected chi connectivity index (χ2v) is 5.85. The van der Waals surface area contributed by atoms with E-state index in [1.807, 2.05) is 48.5 Å². The summed E-state index contributed by atoms with van der Waals surface area (Å²) in [6, 6.07) is 16.3. The van der Waals surface area contributed by atoms with Crippen molar-refractivity contribution in [3.05, 3.63) is 87.8 Å². The molecular formula is C20H20N2O4. The SMILES string of the molecule is COc1ccc(C(CO)(c2ccc(OC)cc2)c2cn[nH]c(=O)c2)cc1. The molecule has 6 heteroatoms.